The van der Waals surface area contributed by atoms with E-state index >= 15 is 0 Å². The number of benzene rings is 1. The molecule has 1 N–H and O–H groups in total. The molecule has 15 heteroatoms. The Balaban J connectivity index is 3.36. The number of halogens is 13. The first-order valence-corrected chi connectivity index (χ1v) is 7.31. The number of aliphatic hydroxyl groups excluding tert-OH is 1. The number of aliphatic hydroxyl groups is 1. The van der Waals surface area contributed by atoms with Gasteiger partial charge in [-0.2, -0.15) is 62.3 Å². The summed E-state index contributed by atoms with van der Waals surface area (Å²) < 4.78 is 169. The van der Waals surface area contributed by atoms with Crippen LogP contribution in [0.1, 0.15) is 23.7 Å². The number of nitrogens with zero attached hydrogens (tertiary/aromatic N) is 1. The van der Waals surface area contributed by atoms with Gasteiger partial charge in [0.2, 0.25) is 0 Å². The Hall–Kier alpha value is -2.24. The number of alkyl halides is 13. The van der Waals surface area contributed by atoms with E-state index in [1.54, 1.807) is 0 Å². The third kappa shape index (κ3) is 3.88. The van der Waals surface area contributed by atoms with Crippen molar-refractivity contribution in [2.45, 2.75) is 48.3 Å². The van der Waals surface area contributed by atoms with Crippen LogP contribution in [-0.2, 0) is 0 Å². The molecule has 0 amide bonds. The van der Waals surface area contributed by atoms with E-state index in [0.29, 0.717) is 6.07 Å². The van der Waals surface area contributed by atoms with Gasteiger partial charge in [0.15, 0.2) is 0 Å². The largest absolute Gasteiger partial charge is 0.460 e. The van der Waals surface area contributed by atoms with Gasteiger partial charge >= 0.3 is 35.8 Å². The molecule has 0 aliphatic carbocycles. The first-order chi connectivity index (χ1) is 13.2. The molecule has 1 aromatic carbocycles. The van der Waals surface area contributed by atoms with Crippen molar-refractivity contribution >= 4 is 0 Å². The molecule has 1 rings (SSSR count). The maximum atomic E-state index is 13.7. The average molecular weight is 465 g/mol. The summed E-state index contributed by atoms with van der Waals surface area (Å²) >= 11 is 0. The number of nitriles is 1. The smallest absolute Gasteiger partial charge is 0.388 e. The molecule has 0 spiro atoms. The summed E-state index contributed by atoms with van der Waals surface area (Å²) in [6.45, 7) is 0. The molecular weight excluding hydrogens is 457 g/mol. The Morgan fingerprint density at radius 3 is 1.67 bits per heavy atom. The lowest BCUT2D eigenvalue weighted by Gasteiger charge is -2.40. The van der Waals surface area contributed by atoms with Crippen molar-refractivity contribution in [2.24, 2.45) is 0 Å². The van der Waals surface area contributed by atoms with Gasteiger partial charge in [-0.1, -0.05) is 12.1 Å². The minimum atomic E-state index is -7.99. The SMILES string of the molecule is N#Cc1cccc(C(O)CC(F)(F)C(F)(F)C(F)(F)C(F)(F)C(F)(F)C(F)(F)F)c1. The summed E-state index contributed by atoms with van der Waals surface area (Å²) in [5.74, 6) is -37.6. The Morgan fingerprint density at radius 1 is 0.767 bits per heavy atom. The third-order valence-corrected chi connectivity index (χ3v) is 3.85. The van der Waals surface area contributed by atoms with Gasteiger partial charge in [-0.05, 0) is 17.7 Å². The van der Waals surface area contributed by atoms with Gasteiger partial charge < -0.3 is 5.11 Å². The van der Waals surface area contributed by atoms with Crippen LogP contribution in [0.3, 0.4) is 0 Å². The van der Waals surface area contributed by atoms with Gasteiger partial charge in [-0.15, -0.1) is 0 Å². The molecule has 0 fully saturated rings. The van der Waals surface area contributed by atoms with E-state index in [1.165, 1.54) is 6.07 Å². The summed E-state index contributed by atoms with van der Waals surface area (Å²) in [6, 6.07) is 4.77. The van der Waals surface area contributed by atoms with E-state index < -0.39 is 53.9 Å². The highest BCUT2D eigenvalue weighted by molar-refractivity contribution is 5.34. The van der Waals surface area contributed by atoms with E-state index in [1.807, 2.05) is 0 Å². The molecule has 0 aliphatic heterocycles. The van der Waals surface area contributed by atoms with E-state index in [0.717, 1.165) is 18.2 Å². The van der Waals surface area contributed by atoms with Crippen LogP contribution in [0.5, 0.6) is 0 Å². The minimum Gasteiger partial charge on any atom is -0.388 e. The van der Waals surface area contributed by atoms with Crippen molar-refractivity contribution in [3.05, 3.63) is 35.4 Å². The second-order valence-electron chi connectivity index (χ2n) is 5.96. The van der Waals surface area contributed by atoms with E-state index in [9.17, 15) is 62.2 Å². The Bertz CT molecular complexity index is 809. The van der Waals surface area contributed by atoms with Gasteiger partial charge in [-0.25, -0.2) is 0 Å². The van der Waals surface area contributed by atoms with Gasteiger partial charge in [0.25, 0.3) is 0 Å². The maximum Gasteiger partial charge on any atom is 0.460 e. The number of hydrogen-bond donors (Lipinski definition) is 1. The highest BCUT2D eigenvalue weighted by Gasteiger charge is 2.90. The van der Waals surface area contributed by atoms with Crippen LogP contribution >= 0.6 is 0 Å². The fourth-order valence-electron chi connectivity index (χ4n) is 2.11. The van der Waals surface area contributed by atoms with Crippen molar-refractivity contribution in [2.75, 3.05) is 0 Å². The molecule has 0 aromatic heterocycles. The Kier molecular flexibility index (Phi) is 6.42. The molecule has 1 atom stereocenters. The summed E-state index contributed by atoms with van der Waals surface area (Å²) in [4.78, 5) is 0. The lowest BCUT2D eigenvalue weighted by molar-refractivity contribution is -0.440. The summed E-state index contributed by atoms with van der Waals surface area (Å²) in [6.07, 6.45) is -13.1. The van der Waals surface area contributed by atoms with E-state index in [-0.39, 0.29) is 5.56 Å². The topological polar surface area (TPSA) is 44.0 Å². The molecule has 1 unspecified atom stereocenters. The zero-order valence-electron chi connectivity index (χ0n) is 13.9. The van der Waals surface area contributed by atoms with Crippen molar-refractivity contribution in [3.8, 4) is 6.07 Å². The molecule has 170 valence electrons. The van der Waals surface area contributed by atoms with Crippen LogP contribution in [0.2, 0.25) is 0 Å². The first kappa shape index (κ1) is 25.8. The molecule has 1 aromatic rings. The second kappa shape index (κ2) is 7.47. The van der Waals surface area contributed by atoms with Gasteiger partial charge in [-0.3, -0.25) is 0 Å². The maximum absolute atomic E-state index is 13.7. The summed E-state index contributed by atoms with van der Waals surface area (Å²) in [7, 11) is 0. The predicted octanol–water partition coefficient (Wildman–Crippen LogP) is 5.72. The Labute approximate surface area is 158 Å². The fourth-order valence-corrected chi connectivity index (χ4v) is 2.11. The molecule has 0 saturated carbocycles. The summed E-state index contributed by atoms with van der Waals surface area (Å²) in [5, 5.41) is 18.1. The standard InChI is InChI=1S/C15H8F13NO/c16-10(17,5-9(30)8-3-1-2-7(4-8)6-29)11(18,19)12(20,21)13(22,23)14(24,25)15(26,27)28/h1-4,9,30H,5H2. The van der Waals surface area contributed by atoms with Crippen molar-refractivity contribution in [1.82, 2.24) is 0 Å². The number of rotatable bonds is 7. The quantitative estimate of drug-likeness (QED) is 0.524. The number of hydrogen-bond acceptors (Lipinski definition) is 2. The third-order valence-electron chi connectivity index (χ3n) is 3.85. The average Bonchev–Trinajstić information content (AvgIpc) is 2.59. The second-order valence-corrected chi connectivity index (χ2v) is 5.96. The molecule has 0 radical (unpaired) electrons. The molecule has 0 bridgehead atoms. The van der Waals surface area contributed by atoms with Crippen LogP contribution < -0.4 is 0 Å². The van der Waals surface area contributed by atoms with Crippen LogP contribution in [0.4, 0.5) is 57.1 Å². The minimum absolute atomic E-state index is 0.330. The monoisotopic (exact) mass is 465 g/mol. The van der Waals surface area contributed by atoms with Crippen molar-refractivity contribution in [1.29, 1.82) is 5.26 Å². The molecule has 0 aliphatic rings. The fraction of sp³-hybridized carbons (Fsp3) is 0.533. The lowest BCUT2D eigenvalue weighted by atomic mass is 9.90. The van der Waals surface area contributed by atoms with Gasteiger partial charge in [0.05, 0.1) is 17.7 Å². The van der Waals surface area contributed by atoms with Gasteiger partial charge in [0, 0.05) is 6.42 Å². The van der Waals surface area contributed by atoms with Crippen LogP contribution in [-0.4, -0.2) is 40.9 Å². The van der Waals surface area contributed by atoms with Crippen LogP contribution in [0.15, 0.2) is 24.3 Å². The van der Waals surface area contributed by atoms with Crippen LogP contribution in [0, 0.1) is 11.3 Å². The highest BCUT2D eigenvalue weighted by atomic mass is 19.4. The Morgan fingerprint density at radius 2 is 1.23 bits per heavy atom. The molecule has 0 heterocycles. The normalized spacial score (nSPS) is 15.6. The molecular formula is C15H8F13NO. The molecule has 0 saturated heterocycles. The zero-order chi connectivity index (χ0) is 24.0. The lowest BCUT2D eigenvalue weighted by Crippen LogP contribution is -2.70. The highest BCUT2D eigenvalue weighted by Crippen LogP contribution is 2.61. The van der Waals surface area contributed by atoms with E-state index in [2.05, 4.69) is 0 Å². The molecule has 2 nitrogen and oxygen atoms in total. The van der Waals surface area contributed by atoms with E-state index in [4.69, 9.17) is 5.26 Å². The van der Waals surface area contributed by atoms with Crippen molar-refractivity contribution < 1.29 is 62.2 Å². The zero-order valence-corrected chi connectivity index (χ0v) is 13.9. The first-order valence-electron chi connectivity index (χ1n) is 7.31. The van der Waals surface area contributed by atoms with Crippen molar-refractivity contribution in [3.63, 3.8) is 0 Å². The van der Waals surface area contributed by atoms with Crippen LogP contribution in [0.25, 0.3) is 0 Å². The summed E-state index contributed by atoms with van der Waals surface area (Å²) in [5.41, 5.74) is -1.08. The molecule has 30 heavy (non-hydrogen) atoms. The van der Waals surface area contributed by atoms with Gasteiger partial charge in [0.1, 0.15) is 0 Å². The predicted molar refractivity (Wildman–Crippen MR) is 71.5 cm³/mol.